The maximum atomic E-state index is 5.58. The van der Waals surface area contributed by atoms with Crippen LogP contribution in [0.2, 0.25) is 0 Å². The second-order valence-corrected chi connectivity index (χ2v) is 5.72. The molecule has 98 valence electrons. The Morgan fingerprint density at radius 1 is 1.05 bits per heavy atom. The van der Waals surface area contributed by atoms with Gasteiger partial charge in [0.1, 0.15) is 4.99 Å². The molecule has 0 saturated heterocycles. The lowest BCUT2D eigenvalue weighted by atomic mass is 10.1. The number of thiocarbonyl (C=S) groups is 1. The summed E-state index contributed by atoms with van der Waals surface area (Å²) < 4.78 is 1.15. The molecule has 19 heavy (non-hydrogen) atoms. The first-order chi connectivity index (χ1) is 8.97. The van der Waals surface area contributed by atoms with E-state index >= 15 is 0 Å². The highest BCUT2D eigenvalue weighted by molar-refractivity contribution is 9.10. The average molecular weight is 335 g/mol. The summed E-state index contributed by atoms with van der Waals surface area (Å²) in [5, 5.41) is 3.37. The van der Waals surface area contributed by atoms with Crippen LogP contribution in [0.5, 0.6) is 0 Å². The molecular weight excluding hydrogens is 320 g/mol. The number of halogens is 1. The van der Waals surface area contributed by atoms with Crippen molar-refractivity contribution in [3.8, 4) is 0 Å². The third kappa shape index (κ3) is 3.33. The summed E-state index contributed by atoms with van der Waals surface area (Å²) in [4.78, 5) is 0.418. The number of aryl methyl sites for hydroxylation is 2. The largest absolute Gasteiger partial charge is 0.389 e. The van der Waals surface area contributed by atoms with Crippen LogP contribution in [0, 0.1) is 13.8 Å². The smallest absolute Gasteiger partial charge is 0.103 e. The molecule has 3 N–H and O–H groups in total. The minimum atomic E-state index is 0.418. The van der Waals surface area contributed by atoms with Gasteiger partial charge in [0.05, 0.1) is 0 Å². The van der Waals surface area contributed by atoms with Gasteiger partial charge in [0, 0.05) is 21.4 Å². The molecule has 0 aromatic heterocycles. The molecular formula is C15H15BrN2S. The van der Waals surface area contributed by atoms with Gasteiger partial charge in [0.15, 0.2) is 0 Å². The molecule has 2 nitrogen and oxygen atoms in total. The average Bonchev–Trinajstić information content (AvgIpc) is 2.36. The summed E-state index contributed by atoms with van der Waals surface area (Å²) in [6.45, 7) is 4.16. The Morgan fingerprint density at radius 2 is 1.58 bits per heavy atom. The molecule has 2 aromatic rings. The van der Waals surface area contributed by atoms with E-state index in [4.69, 9.17) is 18.0 Å². The molecule has 2 rings (SSSR count). The van der Waals surface area contributed by atoms with E-state index in [0.717, 1.165) is 21.4 Å². The lowest BCUT2D eigenvalue weighted by molar-refractivity contribution is 1.33. The first-order valence-corrected chi connectivity index (χ1v) is 7.11. The Labute approximate surface area is 127 Å². The fourth-order valence-corrected chi connectivity index (χ4v) is 2.27. The Balaban J connectivity index is 2.24. The summed E-state index contributed by atoms with van der Waals surface area (Å²) in [5.74, 6) is 0. The molecule has 0 aliphatic rings. The van der Waals surface area contributed by atoms with E-state index in [0.29, 0.717) is 4.99 Å². The van der Waals surface area contributed by atoms with E-state index in [1.54, 1.807) is 0 Å². The maximum absolute atomic E-state index is 5.58. The standard InChI is InChI=1S/C15H15BrN2S/c1-9-7-13(8-10(2)14(9)16)18-12-5-3-11(4-6-12)15(17)19/h3-8,18H,1-2H3,(H2,17,19). The lowest BCUT2D eigenvalue weighted by Gasteiger charge is -2.11. The van der Waals surface area contributed by atoms with Gasteiger partial charge in [-0.2, -0.15) is 0 Å². The molecule has 0 heterocycles. The van der Waals surface area contributed by atoms with Gasteiger partial charge in [0.2, 0.25) is 0 Å². The normalized spacial score (nSPS) is 10.3. The first kappa shape index (κ1) is 14.0. The Morgan fingerprint density at radius 3 is 2.05 bits per heavy atom. The number of hydrogen-bond donors (Lipinski definition) is 2. The fourth-order valence-electron chi connectivity index (χ4n) is 1.90. The van der Waals surface area contributed by atoms with Gasteiger partial charge in [-0.25, -0.2) is 0 Å². The number of benzene rings is 2. The molecule has 0 spiro atoms. The van der Waals surface area contributed by atoms with Gasteiger partial charge in [-0.15, -0.1) is 0 Å². The molecule has 0 radical (unpaired) electrons. The molecule has 0 fully saturated rings. The highest BCUT2D eigenvalue weighted by Gasteiger charge is 2.03. The van der Waals surface area contributed by atoms with Gasteiger partial charge < -0.3 is 11.1 Å². The van der Waals surface area contributed by atoms with Crippen molar-refractivity contribution in [2.24, 2.45) is 5.73 Å². The molecule has 0 amide bonds. The molecule has 0 unspecified atom stereocenters. The minimum Gasteiger partial charge on any atom is -0.389 e. The highest BCUT2D eigenvalue weighted by atomic mass is 79.9. The number of nitrogens with one attached hydrogen (secondary N) is 1. The predicted molar refractivity (Wildman–Crippen MR) is 89.2 cm³/mol. The molecule has 2 aromatic carbocycles. The second kappa shape index (κ2) is 5.72. The van der Waals surface area contributed by atoms with Crippen LogP contribution >= 0.6 is 28.1 Å². The summed E-state index contributed by atoms with van der Waals surface area (Å²) in [7, 11) is 0. The molecule has 4 heteroatoms. The number of rotatable bonds is 3. The van der Waals surface area contributed by atoms with Crippen molar-refractivity contribution in [1.82, 2.24) is 0 Å². The monoisotopic (exact) mass is 334 g/mol. The number of hydrogen-bond acceptors (Lipinski definition) is 2. The van der Waals surface area contributed by atoms with E-state index in [-0.39, 0.29) is 0 Å². The van der Waals surface area contributed by atoms with Crippen LogP contribution in [0.4, 0.5) is 11.4 Å². The number of nitrogens with two attached hydrogens (primary N) is 1. The minimum absolute atomic E-state index is 0.418. The van der Waals surface area contributed by atoms with E-state index < -0.39 is 0 Å². The van der Waals surface area contributed by atoms with Crippen molar-refractivity contribution in [3.63, 3.8) is 0 Å². The predicted octanol–water partition coefficient (Wildman–Crippen LogP) is 4.44. The Kier molecular flexibility index (Phi) is 4.22. The van der Waals surface area contributed by atoms with E-state index in [1.165, 1.54) is 11.1 Å². The summed E-state index contributed by atoms with van der Waals surface area (Å²) in [6.07, 6.45) is 0. The van der Waals surface area contributed by atoms with E-state index in [9.17, 15) is 0 Å². The van der Waals surface area contributed by atoms with Gasteiger partial charge in [-0.1, -0.05) is 28.1 Å². The van der Waals surface area contributed by atoms with Crippen molar-refractivity contribution < 1.29 is 0 Å². The van der Waals surface area contributed by atoms with Gasteiger partial charge in [-0.05, 0) is 61.4 Å². The summed E-state index contributed by atoms with van der Waals surface area (Å²) in [6, 6.07) is 12.0. The summed E-state index contributed by atoms with van der Waals surface area (Å²) in [5.41, 5.74) is 11.0. The molecule has 0 bridgehead atoms. The van der Waals surface area contributed by atoms with Crippen LogP contribution < -0.4 is 11.1 Å². The first-order valence-electron chi connectivity index (χ1n) is 5.91. The zero-order valence-electron chi connectivity index (χ0n) is 10.8. The van der Waals surface area contributed by atoms with Crippen LogP contribution in [0.3, 0.4) is 0 Å². The van der Waals surface area contributed by atoms with Crippen LogP contribution in [-0.2, 0) is 0 Å². The van der Waals surface area contributed by atoms with Gasteiger partial charge in [-0.3, -0.25) is 0 Å². The van der Waals surface area contributed by atoms with Gasteiger partial charge in [0.25, 0.3) is 0 Å². The third-order valence-electron chi connectivity index (χ3n) is 2.89. The maximum Gasteiger partial charge on any atom is 0.103 e. The van der Waals surface area contributed by atoms with Crippen LogP contribution in [0.15, 0.2) is 40.9 Å². The topological polar surface area (TPSA) is 38.0 Å². The Hall–Kier alpha value is -1.39. The second-order valence-electron chi connectivity index (χ2n) is 4.49. The third-order valence-corrected chi connectivity index (χ3v) is 4.38. The van der Waals surface area contributed by atoms with E-state index in [2.05, 4.69) is 47.2 Å². The van der Waals surface area contributed by atoms with Crippen LogP contribution in [-0.4, -0.2) is 4.99 Å². The summed E-state index contributed by atoms with van der Waals surface area (Å²) >= 11 is 8.50. The fraction of sp³-hybridized carbons (Fsp3) is 0.133. The molecule has 0 atom stereocenters. The highest BCUT2D eigenvalue weighted by Crippen LogP contribution is 2.27. The quantitative estimate of drug-likeness (QED) is 0.814. The molecule has 0 aliphatic carbocycles. The van der Waals surface area contributed by atoms with Crippen molar-refractivity contribution >= 4 is 44.5 Å². The van der Waals surface area contributed by atoms with Crippen LogP contribution in [0.25, 0.3) is 0 Å². The zero-order valence-corrected chi connectivity index (χ0v) is 13.2. The zero-order chi connectivity index (χ0) is 14.0. The van der Waals surface area contributed by atoms with Crippen molar-refractivity contribution in [3.05, 3.63) is 57.6 Å². The number of anilines is 2. The van der Waals surface area contributed by atoms with Crippen LogP contribution in [0.1, 0.15) is 16.7 Å². The van der Waals surface area contributed by atoms with Gasteiger partial charge >= 0.3 is 0 Å². The lowest BCUT2D eigenvalue weighted by Crippen LogP contribution is -2.08. The Bertz CT molecular complexity index is 598. The molecule has 0 saturated carbocycles. The SMILES string of the molecule is Cc1cc(Nc2ccc(C(N)=S)cc2)cc(C)c1Br. The van der Waals surface area contributed by atoms with Crippen molar-refractivity contribution in [2.75, 3.05) is 5.32 Å². The van der Waals surface area contributed by atoms with Crippen molar-refractivity contribution in [1.29, 1.82) is 0 Å². The van der Waals surface area contributed by atoms with Crippen molar-refractivity contribution in [2.45, 2.75) is 13.8 Å². The molecule has 0 aliphatic heterocycles. The van der Waals surface area contributed by atoms with E-state index in [1.807, 2.05) is 24.3 Å².